The summed E-state index contributed by atoms with van der Waals surface area (Å²) in [5.41, 5.74) is 0. The Morgan fingerprint density at radius 2 is 1.92 bits per heavy atom. The molecule has 0 saturated heterocycles. The molecule has 0 aromatic rings. The maximum atomic E-state index is 2.58. The van der Waals surface area contributed by atoms with E-state index in [-0.39, 0.29) is 0 Å². The van der Waals surface area contributed by atoms with E-state index in [4.69, 9.17) is 0 Å². The van der Waals surface area contributed by atoms with Gasteiger partial charge in [-0.1, -0.05) is 19.8 Å². The summed E-state index contributed by atoms with van der Waals surface area (Å²) >= 11 is 0. The van der Waals surface area contributed by atoms with Crippen LogP contribution in [0.2, 0.25) is 0 Å². The average molecular weight is 183 g/mol. The molecule has 78 valence electrons. The van der Waals surface area contributed by atoms with Crippen LogP contribution in [0.1, 0.15) is 52.9 Å². The van der Waals surface area contributed by atoms with Gasteiger partial charge in [0.05, 0.1) is 0 Å². The van der Waals surface area contributed by atoms with Crippen molar-refractivity contribution >= 4 is 0 Å². The first-order valence-corrected chi connectivity index (χ1v) is 5.88. The first-order valence-electron chi connectivity index (χ1n) is 5.88. The third-order valence-corrected chi connectivity index (χ3v) is 3.62. The van der Waals surface area contributed by atoms with Gasteiger partial charge in [-0.15, -0.1) is 0 Å². The van der Waals surface area contributed by atoms with Gasteiger partial charge in [0.15, 0.2) is 0 Å². The summed E-state index contributed by atoms with van der Waals surface area (Å²) in [6, 6.07) is 1.57. The van der Waals surface area contributed by atoms with Gasteiger partial charge in [0.1, 0.15) is 0 Å². The van der Waals surface area contributed by atoms with E-state index in [0.29, 0.717) is 6.04 Å². The summed E-state index contributed by atoms with van der Waals surface area (Å²) in [6.45, 7) is 6.92. The second-order valence-electron chi connectivity index (χ2n) is 4.81. The maximum absolute atomic E-state index is 2.58. The van der Waals surface area contributed by atoms with E-state index < -0.39 is 0 Å². The molecule has 0 aromatic heterocycles. The fourth-order valence-corrected chi connectivity index (χ4v) is 2.28. The lowest BCUT2D eigenvalue weighted by Crippen LogP contribution is -2.44. The van der Waals surface area contributed by atoms with Crippen LogP contribution in [0.5, 0.6) is 0 Å². The molecular weight excluding hydrogens is 158 g/mol. The van der Waals surface area contributed by atoms with E-state index in [1.165, 1.54) is 32.1 Å². The lowest BCUT2D eigenvalue weighted by atomic mass is 9.77. The molecule has 1 atom stereocenters. The number of rotatable bonds is 5. The summed E-state index contributed by atoms with van der Waals surface area (Å²) in [4.78, 5) is 2.58. The molecule has 0 spiro atoms. The zero-order chi connectivity index (χ0) is 9.84. The molecule has 0 bridgehead atoms. The molecule has 0 heterocycles. The Morgan fingerprint density at radius 1 is 1.31 bits per heavy atom. The fourth-order valence-electron chi connectivity index (χ4n) is 2.28. The predicted molar refractivity (Wildman–Crippen MR) is 58.9 cm³/mol. The SMILES string of the molecule is CCC[C@@H](C1CCC1)N(C)C(C)C. The summed E-state index contributed by atoms with van der Waals surface area (Å²) in [7, 11) is 2.29. The molecular formula is C12H25N. The van der Waals surface area contributed by atoms with Crippen molar-refractivity contribution in [3.05, 3.63) is 0 Å². The lowest BCUT2D eigenvalue weighted by Gasteiger charge is -2.41. The van der Waals surface area contributed by atoms with Crippen LogP contribution in [0.15, 0.2) is 0 Å². The Morgan fingerprint density at radius 3 is 2.23 bits per heavy atom. The van der Waals surface area contributed by atoms with Crippen LogP contribution < -0.4 is 0 Å². The third kappa shape index (κ3) is 2.70. The Balaban J connectivity index is 2.44. The minimum absolute atomic E-state index is 0.706. The van der Waals surface area contributed by atoms with Crippen LogP contribution in [0.25, 0.3) is 0 Å². The van der Waals surface area contributed by atoms with E-state index in [2.05, 4.69) is 32.7 Å². The zero-order valence-corrected chi connectivity index (χ0v) is 9.71. The molecule has 1 heteroatoms. The van der Waals surface area contributed by atoms with Gasteiger partial charge >= 0.3 is 0 Å². The molecule has 1 saturated carbocycles. The zero-order valence-electron chi connectivity index (χ0n) is 9.71. The van der Waals surface area contributed by atoms with E-state index in [9.17, 15) is 0 Å². The van der Waals surface area contributed by atoms with Crippen LogP contribution in [0.4, 0.5) is 0 Å². The Kier molecular flexibility index (Phi) is 4.24. The largest absolute Gasteiger partial charge is 0.301 e. The summed E-state index contributed by atoms with van der Waals surface area (Å²) < 4.78 is 0. The Hall–Kier alpha value is -0.0400. The molecule has 0 aliphatic heterocycles. The highest BCUT2D eigenvalue weighted by Crippen LogP contribution is 2.34. The number of hydrogen-bond donors (Lipinski definition) is 0. The number of nitrogens with zero attached hydrogens (tertiary/aromatic N) is 1. The first kappa shape index (κ1) is 11.0. The van der Waals surface area contributed by atoms with Crippen LogP contribution in [0.3, 0.4) is 0 Å². The first-order chi connectivity index (χ1) is 6.16. The lowest BCUT2D eigenvalue weighted by molar-refractivity contribution is 0.0868. The minimum Gasteiger partial charge on any atom is -0.301 e. The highest BCUT2D eigenvalue weighted by molar-refractivity contribution is 4.84. The van der Waals surface area contributed by atoms with Crippen molar-refractivity contribution in [2.45, 2.75) is 65.0 Å². The third-order valence-electron chi connectivity index (χ3n) is 3.62. The summed E-state index contributed by atoms with van der Waals surface area (Å²) in [5, 5.41) is 0. The Bertz CT molecular complexity index is 138. The normalized spacial score (nSPS) is 20.8. The highest BCUT2D eigenvalue weighted by Gasteiger charge is 2.30. The van der Waals surface area contributed by atoms with Crippen LogP contribution >= 0.6 is 0 Å². The van der Waals surface area contributed by atoms with E-state index >= 15 is 0 Å². The van der Waals surface area contributed by atoms with Crippen LogP contribution in [-0.4, -0.2) is 24.0 Å². The Labute approximate surface area is 83.5 Å². The molecule has 0 aromatic carbocycles. The van der Waals surface area contributed by atoms with Crippen molar-refractivity contribution < 1.29 is 0 Å². The average Bonchev–Trinajstić information content (AvgIpc) is 1.99. The molecule has 1 rings (SSSR count). The van der Waals surface area contributed by atoms with Gasteiger partial charge in [0, 0.05) is 12.1 Å². The molecule has 0 amide bonds. The van der Waals surface area contributed by atoms with Crippen LogP contribution in [0, 0.1) is 5.92 Å². The summed E-state index contributed by atoms with van der Waals surface area (Å²) in [6.07, 6.45) is 7.14. The standard InChI is InChI=1S/C12H25N/c1-5-7-12(11-8-6-9-11)13(4)10(2)3/h10-12H,5-9H2,1-4H3/t12-/m0/s1. The van der Waals surface area contributed by atoms with Crippen molar-refractivity contribution in [1.29, 1.82) is 0 Å². The smallest absolute Gasteiger partial charge is 0.0123 e. The second kappa shape index (κ2) is 4.99. The van der Waals surface area contributed by atoms with Crippen molar-refractivity contribution in [3.8, 4) is 0 Å². The second-order valence-corrected chi connectivity index (χ2v) is 4.81. The topological polar surface area (TPSA) is 3.24 Å². The van der Waals surface area contributed by atoms with Gasteiger partial charge in [-0.05, 0) is 46.1 Å². The molecule has 13 heavy (non-hydrogen) atoms. The van der Waals surface area contributed by atoms with Gasteiger partial charge in [-0.25, -0.2) is 0 Å². The maximum Gasteiger partial charge on any atom is 0.0123 e. The molecule has 0 unspecified atom stereocenters. The van der Waals surface area contributed by atoms with E-state index in [1.54, 1.807) is 0 Å². The number of hydrogen-bond acceptors (Lipinski definition) is 1. The fraction of sp³-hybridized carbons (Fsp3) is 1.00. The van der Waals surface area contributed by atoms with Crippen molar-refractivity contribution in [1.82, 2.24) is 4.90 Å². The van der Waals surface area contributed by atoms with Crippen molar-refractivity contribution in [2.75, 3.05) is 7.05 Å². The summed E-state index contributed by atoms with van der Waals surface area (Å²) in [5.74, 6) is 1.01. The molecule has 1 aliphatic rings. The van der Waals surface area contributed by atoms with Gasteiger partial charge in [-0.3, -0.25) is 0 Å². The highest BCUT2D eigenvalue weighted by atomic mass is 15.2. The van der Waals surface area contributed by atoms with Gasteiger partial charge in [0.25, 0.3) is 0 Å². The minimum atomic E-state index is 0.706. The molecule has 0 N–H and O–H groups in total. The van der Waals surface area contributed by atoms with Crippen molar-refractivity contribution in [2.24, 2.45) is 5.92 Å². The van der Waals surface area contributed by atoms with E-state index in [0.717, 1.165) is 12.0 Å². The van der Waals surface area contributed by atoms with Crippen LogP contribution in [-0.2, 0) is 0 Å². The molecule has 1 nitrogen and oxygen atoms in total. The predicted octanol–water partition coefficient (Wildman–Crippen LogP) is 3.30. The molecule has 0 radical (unpaired) electrons. The van der Waals surface area contributed by atoms with Gasteiger partial charge < -0.3 is 4.90 Å². The molecule has 1 aliphatic carbocycles. The molecule has 1 fully saturated rings. The monoisotopic (exact) mass is 183 g/mol. The van der Waals surface area contributed by atoms with Gasteiger partial charge in [0.2, 0.25) is 0 Å². The van der Waals surface area contributed by atoms with Crippen molar-refractivity contribution in [3.63, 3.8) is 0 Å². The quantitative estimate of drug-likeness (QED) is 0.632. The van der Waals surface area contributed by atoms with E-state index in [1.807, 2.05) is 0 Å². The van der Waals surface area contributed by atoms with Gasteiger partial charge in [-0.2, -0.15) is 0 Å².